The highest BCUT2D eigenvalue weighted by Crippen LogP contribution is 2.16. The zero-order valence-electron chi connectivity index (χ0n) is 10.9. The Hall–Kier alpha value is -1.71. The number of hydrogen-bond acceptors (Lipinski definition) is 3. The Morgan fingerprint density at radius 2 is 1.83 bits per heavy atom. The first-order valence-electron chi connectivity index (χ1n) is 6.14. The molecule has 2 rings (SSSR count). The lowest BCUT2D eigenvalue weighted by Crippen LogP contribution is -2.30. The number of aryl methyl sites for hydroxylation is 2. The van der Waals surface area contributed by atoms with E-state index in [4.69, 9.17) is 5.84 Å². The van der Waals surface area contributed by atoms with Crippen LogP contribution in [0.1, 0.15) is 28.6 Å². The molecule has 2 aromatic rings. The van der Waals surface area contributed by atoms with Crippen molar-refractivity contribution in [2.45, 2.75) is 26.3 Å². The summed E-state index contributed by atoms with van der Waals surface area (Å²) in [4.78, 5) is 4.52. The number of hydrogen-bond donors (Lipinski definition) is 2. The number of pyridine rings is 1. The summed E-state index contributed by atoms with van der Waals surface area (Å²) in [6, 6.07) is 14.6. The van der Waals surface area contributed by atoms with Gasteiger partial charge in [-0.3, -0.25) is 16.3 Å². The van der Waals surface area contributed by atoms with Gasteiger partial charge >= 0.3 is 0 Å². The molecule has 0 aliphatic carbocycles. The van der Waals surface area contributed by atoms with Gasteiger partial charge in [-0.1, -0.05) is 35.9 Å². The summed E-state index contributed by atoms with van der Waals surface area (Å²) in [5.74, 6) is 5.64. The summed E-state index contributed by atoms with van der Waals surface area (Å²) in [6.07, 6.45) is 0.841. The molecular weight excluding hydrogens is 222 g/mol. The first-order chi connectivity index (χ1) is 8.69. The van der Waals surface area contributed by atoms with Crippen LogP contribution >= 0.6 is 0 Å². The Labute approximate surface area is 108 Å². The molecule has 3 nitrogen and oxygen atoms in total. The second-order valence-corrected chi connectivity index (χ2v) is 4.61. The zero-order chi connectivity index (χ0) is 13.0. The third-order valence-corrected chi connectivity index (χ3v) is 3.03. The van der Waals surface area contributed by atoms with E-state index >= 15 is 0 Å². The fourth-order valence-corrected chi connectivity index (χ4v) is 1.97. The van der Waals surface area contributed by atoms with E-state index in [9.17, 15) is 0 Å². The monoisotopic (exact) mass is 241 g/mol. The maximum Gasteiger partial charge on any atom is 0.0672 e. The highest BCUT2D eigenvalue weighted by molar-refractivity contribution is 5.24. The fourth-order valence-electron chi connectivity index (χ4n) is 1.97. The molecule has 18 heavy (non-hydrogen) atoms. The third-order valence-electron chi connectivity index (χ3n) is 3.03. The second kappa shape index (κ2) is 5.76. The van der Waals surface area contributed by atoms with Gasteiger partial charge in [0.1, 0.15) is 0 Å². The van der Waals surface area contributed by atoms with Crippen LogP contribution in [0.25, 0.3) is 0 Å². The first kappa shape index (κ1) is 12.7. The van der Waals surface area contributed by atoms with E-state index in [0.29, 0.717) is 0 Å². The summed E-state index contributed by atoms with van der Waals surface area (Å²) in [6.45, 7) is 4.08. The number of nitrogens with zero attached hydrogens (tertiary/aromatic N) is 1. The molecule has 1 aromatic carbocycles. The predicted octanol–water partition coefficient (Wildman–Crippen LogP) is 2.45. The van der Waals surface area contributed by atoms with Crippen LogP contribution in [0.4, 0.5) is 0 Å². The van der Waals surface area contributed by atoms with Crippen molar-refractivity contribution in [3.8, 4) is 0 Å². The molecule has 0 spiro atoms. The van der Waals surface area contributed by atoms with Crippen molar-refractivity contribution in [3.63, 3.8) is 0 Å². The van der Waals surface area contributed by atoms with Gasteiger partial charge in [0.2, 0.25) is 0 Å². The molecule has 0 fully saturated rings. The van der Waals surface area contributed by atoms with Crippen LogP contribution in [-0.4, -0.2) is 4.98 Å². The van der Waals surface area contributed by atoms with Gasteiger partial charge in [-0.2, -0.15) is 0 Å². The van der Waals surface area contributed by atoms with Crippen LogP contribution in [0.15, 0.2) is 42.5 Å². The minimum absolute atomic E-state index is 0.0487. The minimum Gasteiger partial charge on any atom is -0.271 e. The Morgan fingerprint density at radius 1 is 1.11 bits per heavy atom. The lowest BCUT2D eigenvalue weighted by atomic mass is 10.0. The molecule has 94 valence electrons. The van der Waals surface area contributed by atoms with E-state index < -0.39 is 0 Å². The van der Waals surface area contributed by atoms with Gasteiger partial charge in [0.05, 0.1) is 11.7 Å². The van der Waals surface area contributed by atoms with Gasteiger partial charge in [-0.15, -0.1) is 0 Å². The summed E-state index contributed by atoms with van der Waals surface area (Å²) >= 11 is 0. The van der Waals surface area contributed by atoms with Gasteiger partial charge in [-0.25, -0.2) is 0 Å². The van der Waals surface area contributed by atoms with E-state index in [1.54, 1.807) is 0 Å². The van der Waals surface area contributed by atoms with Crippen LogP contribution in [0.2, 0.25) is 0 Å². The average Bonchev–Trinajstić information content (AvgIpc) is 2.38. The maximum absolute atomic E-state index is 5.64. The van der Waals surface area contributed by atoms with Crippen molar-refractivity contribution in [2.24, 2.45) is 5.84 Å². The Balaban J connectivity index is 2.17. The van der Waals surface area contributed by atoms with Crippen LogP contribution in [0.3, 0.4) is 0 Å². The lowest BCUT2D eigenvalue weighted by Gasteiger charge is -2.16. The van der Waals surface area contributed by atoms with Gasteiger partial charge in [0, 0.05) is 5.69 Å². The Kier molecular flexibility index (Phi) is 4.07. The molecule has 0 amide bonds. The predicted molar refractivity (Wildman–Crippen MR) is 73.9 cm³/mol. The number of nitrogens with one attached hydrogen (secondary N) is 1. The largest absolute Gasteiger partial charge is 0.271 e. The molecule has 0 saturated carbocycles. The first-order valence-corrected chi connectivity index (χ1v) is 6.14. The van der Waals surface area contributed by atoms with Crippen molar-refractivity contribution >= 4 is 0 Å². The summed E-state index contributed by atoms with van der Waals surface area (Å²) in [7, 11) is 0. The second-order valence-electron chi connectivity index (χ2n) is 4.61. The number of nitrogens with two attached hydrogens (primary N) is 1. The van der Waals surface area contributed by atoms with Gasteiger partial charge < -0.3 is 0 Å². The molecule has 0 aliphatic heterocycles. The van der Waals surface area contributed by atoms with Gasteiger partial charge in [-0.05, 0) is 38.0 Å². The molecule has 0 bridgehead atoms. The smallest absolute Gasteiger partial charge is 0.0672 e. The SMILES string of the molecule is Cc1ccc(CC(NN)c2cccc(C)n2)cc1. The van der Waals surface area contributed by atoms with Gasteiger partial charge in [0.25, 0.3) is 0 Å². The molecular formula is C15H19N3. The highest BCUT2D eigenvalue weighted by atomic mass is 15.2. The van der Waals surface area contributed by atoms with Crippen LogP contribution < -0.4 is 11.3 Å². The molecule has 0 radical (unpaired) electrons. The van der Waals surface area contributed by atoms with E-state index in [1.165, 1.54) is 11.1 Å². The van der Waals surface area contributed by atoms with Crippen molar-refractivity contribution in [3.05, 3.63) is 65.0 Å². The van der Waals surface area contributed by atoms with E-state index in [2.05, 4.69) is 41.6 Å². The molecule has 0 saturated heterocycles. The third kappa shape index (κ3) is 3.15. The van der Waals surface area contributed by atoms with Crippen LogP contribution in [-0.2, 0) is 6.42 Å². The van der Waals surface area contributed by atoms with E-state index in [1.807, 2.05) is 25.1 Å². The fraction of sp³-hybridized carbons (Fsp3) is 0.267. The molecule has 1 atom stereocenters. The quantitative estimate of drug-likeness (QED) is 0.638. The van der Waals surface area contributed by atoms with Gasteiger partial charge in [0.15, 0.2) is 0 Å². The Bertz CT molecular complexity index is 505. The summed E-state index contributed by atoms with van der Waals surface area (Å²) < 4.78 is 0. The van der Waals surface area contributed by atoms with Crippen molar-refractivity contribution in [1.29, 1.82) is 0 Å². The molecule has 1 heterocycles. The molecule has 0 aliphatic rings. The van der Waals surface area contributed by atoms with E-state index in [-0.39, 0.29) is 6.04 Å². The molecule has 3 heteroatoms. The van der Waals surface area contributed by atoms with Crippen molar-refractivity contribution in [2.75, 3.05) is 0 Å². The number of hydrazine groups is 1. The number of benzene rings is 1. The summed E-state index contributed by atoms with van der Waals surface area (Å²) in [5.41, 5.74) is 7.37. The average molecular weight is 241 g/mol. The van der Waals surface area contributed by atoms with Crippen LogP contribution in [0, 0.1) is 13.8 Å². The summed E-state index contributed by atoms with van der Waals surface area (Å²) in [5, 5.41) is 0. The highest BCUT2D eigenvalue weighted by Gasteiger charge is 2.11. The van der Waals surface area contributed by atoms with Crippen molar-refractivity contribution < 1.29 is 0 Å². The van der Waals surface area contributed by atoms with Crippen molar-refractivity contribution in [1.82, 2.24) is 10.4 Å². The topological polar surface area (TPSA) is 50.9 Å². The van der Waals surface area contributed by atoms with Crippen LogP contribution in [0.5, 0.6) is 0 Å². The molecule has 1 unspecified atom stereocenters. The molecule has 1 aromatic heterocycles. The normalized spacial score (nSPS) is 12.4. The van der Waals surface area contributed by atoms with E-state index in [0.717, 1.165) is 17.8 Å². The zero-order valence-corrected chi connectivity index (χ0v) is 10.9. The number of rotatable bonds is 4. The number of aromatic nitrogens is 1. The molecule has 3 N–H and O–H groups in total. The maximum atomic E-state index is 5.64. The lowest BCUT2D eigenvalue weighted by molar-refractivity contribution is 0.537. The standard InChI is InChI=1S/C15H19N3/c1-11-6-8-13(9-7-11)10-15(18-16)14-5-3-4-12(2)17-14/h3-9,15,18H,10,16H2,1-2H3. The Morgan fingerprint density at radius 3 is 2.44 bits per heavy atom. The minimum atomic E-state index is 0.0487.